The van der Waals surface area contributed by atoms with Crippen LogP contribution in [0.3, 0.4) is 0 Å². The molecular weight excluding hydrogens is 436 g/mol. The molecule has 0 radical (unpaired) electrons. The Morgan fingerprint density at radius 3 is 1.40 bits per heavy atom. The van der Waals surface area contributed by atoms with Gasteiger partial charge in [-0.1, -0.05) is 0 Å². The van der Waals surface area contributed by atoms with Crippen molar-refractivity contribution >= 4 is 31.9 Å². The topological polar surface area (TPSA) is 145 Å². The second-order valence-corrected chi connectivity index (χ2v) is 13.1. The summed E-state index contributed by atoms with van der Waals surface area (Å²) < 4.78 is 56.3. The number of sulfone groups is 2. The number of ether oxygens (including phenoxy) is 2. The van der Waals surface area contributed by atoms with Crippen LogP contribution in [0.2, 0.25) is 0 Å². The third kappa shape index (κ3) is 8.29. The van der Waals surface area contributed by atoms with Crippen molar-refractivity contribution in [2.24, 2.45) is 0 Å². The Labute approximate surface area is 178 Å². The quantitative estimate of drug-likeness (QED) is 0.479. The fourth-order valence-corrected chi connectivity index (χ4v) is 7.86. The van der Waals surface area contributed by atoms with Gasteiger partial charge in [0.1, 0.15) is 0 Å². The summed E-state index contributed by atoms with van der Waals surface area (Å²) in [5.41, 5.74) is -1.54. The molecule has 2 N–H and O–H groups in total. The zero-order valence-electron chi connectivity index (χ0n) is 17.6. The minimum Gasteiger partial charge on any atom is -0.450 e. The molecule has 0 aromatic rings. The van der Waals surface area contributed by atoms with Gasteiger partial charge in [0, 0.05) is 0 Å². The number of amides is 2. The molecule has 2 aliphatic heterocycles. The van der Waals surface area contributed by atoms with Gasteiger partial charge in [0.15, 0.2) is 19.7 Å². The number of carbonyl (C=O) groups excluding carboxylic acids is 2. The van der Waals surface area contributed by atoms with Crippen LogP contribution in [-0.2, 0) is 29.1 Å². The van der Waals surface area contributed by atoms with Gasteiger partial charge in [0.2, 0.25) is 0 Å². The van der Waals surface area contributed by atoms with Crippen LogP contribution in [0.1, 0.15) is 52.4 Å². The van der Waals surface area contributed by atoms with Gasteiger partial charge in [-0.15, -0.1) is 0 Å². The predicted octanol–water partition coefficient (Wildman–Crippen LogP) is 1.15. The van der Waals surface area contributed by atoms with Crippen molar-refractivity contribution in [3.8, 4) is 0 Å². The molecule has 2 amide bonds. The zero-order chi connectivity index (χ0) is 22.5. The van der Waals surface area contributed by atoms with Crippen molar-refractivity contribution in [2.75, 3.05) is 36.2 Å². The Morgan fingerprint density at radius 2 is 1.10 bits per heavy atom. The Kier molecular flexibility index (Phi) is 8.00. The standard InChI is InChI=1S/C18H32N2O8S2/c1-17(7-11-29(23,24)13-17)19-15(21)27-9-5-3-4-6-10-28-16(22)20-18(2)8-12-30(25,26)14-18/h3-14H2,1-2H3,(H,19,21)(H,20,22). The van der Waals surface area contributed by atoms with E-state index in [2.05, 4.69) is 10.6 Å². The van der Waals surface area contributed by atoms with Crippen LogP contribution >= 0.6 is 0 Å². The van der Waals surface area contributed by atoms with Crippen molar-refractivity contribution in [3.05, 3.63) is 0 Å². The lowest BCUT2D eigenvalue weighted by molar-refractivity contribution is 0.129. The molecule has 2 saturated heterocycles. The van der Waals surface area contributed by atoms with Gasteiger partial charge >= 0.3 is 12.2 Å². The van der Waals surface area contributed by atoms with E-state index in [1.807, 2.05) is 0 Å². The van der Waals surface area contributed by atoms with E-state index in [1.54, 1.807) is 13.8 Å². The molecule has 0 aromatic carbocycles. The number of hydrogen-bond acceptors (Lipinski definition) is 8. The van der Waals surface area contributed by atoms with Crippen molar-refractivity contribution in [1.29, 1.82) is 0 Å². The fraction of sp³-hybridized carbons (Fsp3) is 0.889. The smallest absolute Gasteiger partial charge is 0.407 e. The lowest BCUT2D eigenvalue weighted by Crippen LogP contribution is -2.47. The molecule has 2 unspecified atom stereocenters. The molecule has 12 heteroatoms. The summed E-state index contributed by atoms with van der Waals surface area (Å²) in [7, 11) is -6.19. The molecule has 2 atom stereocenters. The van der Waals surface area contributed by atoms with E-state index in [9.17, 15) is 26.4 Å². The van der Waals surface area contributed by atoms with Gasteiger partial charge in [0.25, 0.3) is 0 Å². The predicted molar refractivity (Wildman–Crippen MR) is 111 cm³/mol. The molecule has 0 aromatic heterocycles. The van der Waals surface area contributed by atoms with Crippen molar-refractivity contribution < 1.29 is 35.9 Å². The van der Waals surface area contributed by atoms with E-state index in [0.29, 0.717) is 25.7 Å². The Morgan fingerprint density at radius 1 is 0.733 bits per heavy atom. The van der Waals surface area contributed by atoms with Crippen LogP contribution in [-0.4, -0.2) is 76.3 Å². The molecule has 2 aliphatic rings. The number of alkyl carbamates (subject to hydrolysis) is 2. The van der Waals surface area contributed by atoms with Gasteiger partial charge in [0.05, 0.1) is 47.3 Å². The summed E-state index contributed by atoms with van der Waals surface area (Å²) in [6.07, 6.45) is 2.38. The molecule has 2 rings (SSSR count). The SMILES string of the molecule is CC1(NC(=O)OCCCCCCOC(=O)NC2(C)CCS(=O)(=O)C2)CCS(=O)(=O)C1. The highest BCUT2D eigenvalue weighted by molar-refractivity contribution is 7.92. The Balaban J connectivity index is 1.48. The lowest BCUT2D eigenvalue weighted by atomic mass is 10.0. The van der Waals surface area contributed by atoms with E-state index < -0.39 is 42.9 Å². The normalized spacial score (nSPS) is 29.3. The van der Waals surface area contributed by atoms with Crippen LogP contribution < -0.4 is 10.6 Å². The minimum absolute atomic E-state index is 0.0716. The number of unbranched alkanes of at least 4 members (excludes halogenated alkanes) is 3. The van der Waals surface area contributed by atoms with Crippen LogP contribution in [0.5, 0.6) is 0 Å². The maximum atomic E-state index is 11.8. The summed E-state index contributed by atoms with van der Waals surface area (Å²) in [6.45, 7) is 3.84. The second-order valence-electron chi connectivity index (χ2n) is 8.74. The molecule has 0 aliphatic carbocycles. The molecule has 30 heavy (non-hydrogen) atoms. The molecular formula is C18H32N2O8S2. The average molecular weight is 469 g/mol. The minimum atomic E-state index is -3.10. The molecule has 0 bridgehead atoms. The zero-order valence-corrected chi connectivity index (χ0v) is 19.2. The monoisotopic (exact) mass is 468 g/mol. The number of nitrogens with one attached hydrogen (secondary N) is 2. The summed E-state index contributed by atoms with van der Waals surface area (Å²) in [4.78, 5) is 23.6. The van der Waals surface area contributed by atoms with E-state index >= 15 is 0 Å². The van der Waals surface area contributed by atoms with Crippen LogP contribution in [0.15, 0.2) is 0 Å². The molecule has 174 valence electrons. The number of rotatable bonds is 9. The van der Waals surface area contributed by atoms with Gasteiger partial charge in [-0.05, 0) is 52.4 Å². The molecule has 10 nitrogen and oxygen atoms in total. The summed E-state index contributed by atoms with van der Waals surface area (Å²) in [5.74, 6) is -0.000287. The van der Waals surface area contributed by atoms with Crippen molar-refractivity contribution in [2.45, 2.75) is 63.5 Å². The maximum absolute atomic E-state index is 11.8. The van der Waals surface area contributed by atoms with Gasteiger partial charge in [-0.25, -0.2) is 26.4 Å². The van der Waals surface area contributed by atoms with E-state index in [-0.39, 0.29) is 36.2 Å². The molecule has 0 saturated carbocycles. The maximum Gasteiger partial charge on any atom is 0.407 e. The molecule has 0 spiro atoms. The van der Waals surface area contributed by atoms with Crippen LogP contribution in [0.4, 0.5) is 9.59 Å². The first kappa shape index (κ1) is 24.7. The first-order valence-corrected chi connectivity index (χ1v) is 13.8. The highest BCUT2D eigenvalue weighted by Gasteiger charge is 2.40. The number of carbonyl (C=O) groups is 2. The molecule has 2 heterocycles. The van der Waals surface area contributed by atoms with Crippen molar-refractivity contribution in [3.63, 3.8) is 0 Å². The Hall–Kier alpha value is -1.56. The van der Waals surface area contributed by atoms with Gasteiger partial charge < -0.3 is 20.1 Å². The first-order valence-electron chi connectivity index (χ1n) is 10.1. The van der Waals surface area contributed by atoms with Crippen LogP contribution in [0.25, 0.3) is 0 Å². The average Bonchev–Trinajstić information content (AvgIpc) is 3.03. The van der Waals surface area contributed by atoms with Gasteiger partial charge in [-0.3, -0.25) is 0 Å². The van der Waals surface area contributed by atoms with Gasteiger partial charge in [-0.2, -0.15) is 0 Å². The second kappa shape index (κ2) is 9.71. The summed E-state index contributed by atoms with van der Waals surface area (Å²) >= 11 is 0. The Bertz CT molecular complexity index is 772. The highest BCUT2D eigenvalue weighted by atomic mass is 32.2. The summed E-state index contributed by atoms with van der Waals surface area (Å²) in [6, 6.07) is 0. The molecule has 2 fully saturated rings. The lowest BCUT2D eigenvalue weighted by Gasteiger charge is -2.23. The fourth-order valence-electron chi connectivity index (χ4n) is 3.67. The largest absolute Gasteiger partial charge is 0.450 e. The number of hydrogen-bond donors (Lipinski definition) is 2. The van der Waals surface area contributed by atoms with E-state index in [1.165, 1.54) is 0 Å². The summed E-state index contributed by atoms with van der Waals surface area (Å²) in [5, 5.41) is 5.26. The highest BCUT2D eigenvalue weighted by Crippen LogP contribution is 2.23. The van der Waals surface area contributed by atoms with E-state index in [4.69, 9.17) is 9.47 Å². The third-order valence-electron chi connectivity index (χ3n) is 5.32. The van der Waals surface area contributed by atoms with Crippen LogP contribution in [0, 0.1) is 0 Å². The van der Waals surface area contributed by atoms with E-state index in [0.717, 1.165) is 12.8 Å². The first-order chi connectivity index (χ1) is 13.8. The van der Waals surface area contributed by atoms with Crippen molar-refractivity contribution in [1.82, 2.24) is 10.6 Å². The third-order valence-corrected chi connectivity index (χ3v) is 9.13.